The summed E-state index contributed by atoms with van der Waals surface area (Å²) in [4.78, 5) is 20.8. The Labute approximate surface area is 215 Å². The Morgan fingerprint density at radius 1 is 0.938 bits per heavy atom. The maximum atomic E-state index is 13.3. The van der Waals surface area contributed by atoms with Gasteiger partial charge in [0.2, 0.25) is 5.78 Å². The maximum absolute atomic E-state index is 13.3. The van der Waals surface area contributed by atoms with Crippen LogP contribution in [0, 0.1) is 0 Å². The van der Waals surface area contributed by atoms with Gasteiger partial charge in [-0.05, 0) is 75.9 Å². The zero-order valence-corrected chi connectivity index (χ0v) is 22.4. The summed E-state index contributed by atoms with van der Waals surface area (Å²) in [5.74, 6) is 0.218. The molecule has 0 aliphatic carbocycles. The molecule has 0 fully saturated rings. The van der Waals surface area contributed by atoms with Gasteiger partial charge in [0, 0.05) is 0 Å². The van der Waals surface area contributed by atoms with E-state index in [1.54, 1.807) is 12.1 Å². The molecular weight excluding hydrogens is 684 g/mol. The van der Waals surface area contributed by atoms with Crippen LogP contribution in [0.4, 0.5) is 5.69 Å². The van der Waals surface area contributed by atoms with Crippen LogP contribution in [0.5, 0.6) is 17.2 Å². The Kier molecular flexibility index (Phi) is 6.99. The van der Waals surface area contributed by atoms with Gasteiger partial charge >= 0.3 is 0 Å². The molecule has 12 heteroatoms. The summed E-state index contributed by atoms with van der Waals surface area (Å²) < 4.78 is 13.1. The third-order valence-corrected chi connectivity index (χ3v) is 7.34. The highest BCUT2D eigenvalue weighted by atomic mass is 79.9. The van der Waals surface area contributed by atoms with Crippen LogP contribution in [0.2, 0.25) is 0 Å². The van der Waals surface area contributed by atoms with Gasteiger partial charge in [-0.2, -0.15) is 0 Å². The van der Waals surface area contributed by atoms with E-state index in [2.05, 4.69) is 73.7 Å². The molecule has 3 aromatic rings. The average Bonchev–Trinajstić information content (AvgIpc) is 3.24. The number of carbonyl (C=O) groups is 1. The van der Waals surface area contributed by atoms with E-state index in [9.17, 15) is 9.90 Å². The quantitative estimate of drug-likeness (QED) is 0.276. The van der Waals surface area contributed by atoms with Gasteiger partial charge in [-0.3, -0.25) is 4.79 Å². The molecule has 0 saturated heterocycles. The van der Waals surface area contributed by atoms with Crippen LogP contribution < -0.4 is 9.47 Å². The molecule has 8 nitrogen and oxygen atoms in total. The first-order valence-corrected chi connectivity index (χ1v) is 12.3. The highest BCUT2D eigenvalue weighted by Crippen LogP contribution is 2.48. The first kappa shape index (κ1) is 23.7. The van der Waals surface area contributed by atoms with Gasteiger partial charge in [0.05, 0.1) is 53.3 Å². The van der Waals surface area contributed by atoms with Gasteiger partial charge < -0.3 is 29.8 Å². The number of aromatic amines is 1. The lowest BCUT2D eigenvalue weighted by atomic mass is 10.1. The highest BCUT2D eigenvalue weighted by Gasteiger charge is 2.34. The van der Waals surface area contributed by atoms with Gasteiger partial charge in [-0.1, -0.05) is 0 Å². The number of aliphatic imine (C=N–C) groups is 1. The molecule has 2 heterocycles. The Morgan fingerprint density at radius 2 is 1.53 bits per heavy atom. The number of hydrogen-bond donors (Lipinski definition) is 4. The largest absolute Gasteiger partial charge is 0.505 e. The zero-order chi connectivity index (χ0) is 23.2. The smallest absolute Gasteiger partial charge is 0.217 e. The van der Waals surface area contributed by atoms with Crippen molar-refractivity contribution in [2.24, 2.45) is 4.99 Å². The van der Waals surface area contributed by atoms with Crippen molar-refractivity contribution in [3.63, 3.8) is 0 Å². The number of nitrogens with zero attached hydrogens (tertiary/aromatic N) is 1. The van der Waals surface area contributed by atoms with Crippen LogP contribution in [-0.2, 0) is 0 Å². The molecule has 4 N–H and O–H groups in total. The fourth-order valence-corrected chi connectivity index (χ4v) is 6.38. The van der Waals surface area contributed by atoms with Crippen molar-refractivity contribution in [2.75, 3.05) is 26.4 Å². The molecule has 32 heavy (non-hydrogen) atoms. The van der Waals surface area contributed by atoms with Gasteiger partial charge in [0.1, 0.15) is 36.1 Å². The highest BCUT2D eigenvalue weighted by molar-refractivity contribution is 9.11. The summed E-state index contributed by atoms with van der Waals surface area (Å²) in [6.45, 7) is -0.211. The van der Waals surface area contributed by atoms with Crippen LogP contribution >= 0.6 is 63.7 Å². The Balaban J connectivity index is 1.82. The van der Waals surface area contributed by atoms with E-state index in [1.165, 1.54) is 0 Å². The number of aliphatic hydroxyl groups excluding tert-OH is 2. The first-order valence-electron chi connectivity index (χ1n) is 9.15. The van der Waals surface area contributed by atoms with Crippen molar-refractivity contribution in [3.05, 3.63) is 41.3 Å². The minimum absolute atomic E-state index is 0.0430. The summed E-state index contributed by atoms with van der Waals surface area (Å²) in [7, 11) is 0. The number of nitrogens with one attached hydrogen (secondary N) is 1. The number of halogens is 4. The summed E-state index contributed by atoms with van der Waals surface area (Å²) in [6.07, 6.45) is 0. The lowest BCUT2D eigenvalue weighted by Gasteiger charge is -2.11. The molecule has 4 rings (SSSR count). The van der Waals surface area contributed by atoms with Crippen LogP contribution in [0.1, 0.15) is 16.1 Å². The second-order valence-electron chi connectivity index (χ2n) is 6.60. The van der Waals surface area contributed by atoms with E-state index < -0.39 is 5.78 Å². The molecule has 0 spiro atoms. The summed E-state index contributed by atoms with van der Waals surface area (Å²) >= 11 is 13.7. The topological polar surface area (TPSA) is 124 Å². The first-order chi connectivity index (χ1) is 15.3. The number of carbonyl (C=O) groups excluding carboxylic acids is 1. The summed E-state index contributed by atoms with van der Waals surface area (Å²) in [5.41, 5.74) is 1.45. The lowest BCUT2D eigenvalue weighted by Crippen LogP contribution is -2.13. The number of hydrogen-bond acceptors (Lipinski definition) is 7. The molecule has 0 atom stereocenters. The maximum Gasteiger partial charge on any atom is 0.217 e. The number of ketones is 1. The predicted molar refractivity (Wildman–Crippen MR) is 133 cm³/mol. The number of H-pyrrole nitrogens is 1. The molecule has 1 aliphatic heterocycles. The number of aromatic nitrogens is 1. The minimum atomic E-state index is -0.401. The van der Waals surface area contributed by atoms with Crippen LogP contribution in [0.15, 0.2) is 35.0 Å². The monoisotopic (exact) mass is 694 g/mol. The van der Waals surface area contributed by atoms with Crippen LogP contribution in [-0.4, -0.2) is 58.2 Å². The van der Waals surface area contributed by atoms with E-state index in [0.717, 1.165) is 0 Å². The van der Waals surface area contributed by atoms with E-state index in [-0.39, 0.29) is 43.6 Å². The van der Waals surface area contributed by atoms with Crippen molar-refractivity contribution in [1.82, 2.24) is 4.98 Å². The van der Waals surface area contributed by atoms with Crippen molar-refractivity contribution in [3.8, 4) is 17.2 Å². The van der Waals surface area contributed by atoms with Crippen molar-refractivity contribution >= 4 is 91.8 Å². The van der Waals surface area contributed by atoms with Crippen molar-refractivity contribution in [2.45, 2.75) is 0 Å². The second-order valence-corrected chi connectivity index (χ2v) is 9.90. The third kappa shape index (κ3) is 3.90. The molecule has 0 unspecified atom stereocenters. The normalized spacial score (nSPS) is 12.9. The van der Waals surface area contributed by atoms with E-state index in [0.29, 0.717) is 51.5 Å². The fourth-order valence-electron chi connectivity index (χ4n) is 3.33. The standard InChI is InChI=1S/C20H14Br4N2O6/c21-7-5-9-11(13(23)19(7)31-3-1-27)17(29)15(25-9)16-18(30)12-10(26-16)6-8(22)20(14(12)24)32-4-2-28/h5-6,25,27-29H,1-4H2. The SMILES string of the molecule is O=C1C(c2[nH]c3cc(Br)c(OCCO)c(Br)c3c2O)=Nc2cc(Br)c(OCCO)c(Br)c21. The number of ether oxygens (including phenoxy) is 2. The van der Waals surface area contributed by atoms with Gasteiger partial charge in [0.15, 0.2) is 5.75 Å². The lowest BCUT2D eigenvalue weighted by molar-refractivity contribution is 0.106. The molecule has 0 radical (unpaired) electrons. The molecule has 1 aromatic heterocycles. The fraction of sp³-hybridized carbons (Fsp3) is 0.200. The second kappa shape index (κ2) is 9.43. The Hall–Kier alpha value is -1.44. The number of Topliss-reactive ketones (excluding diaryl/α,β-unsaturated/α-hetero) is 1. The van der Waals surface area contributed by atoms with E-state index in [1.807, 2.05) is 0 Å². The van der Waals surface area contributed by atoms with Gasteiger partial charge in [0.25, 0.3) is 0 Å². The molecule has 2 aromatic carbocycles. The zero-order valence-electron chi connectivity index (χ0n) is 16.0. The number of benzene rings is 2. The number of aliphatic hydroxyl groups is 2. The van der Waals surface area contributed by atoms with Gasteiger partial charge in [-0.15, -0.1) is 0 Å². The Morgan fingerprint density at radius 3 is 2.16 bits per heavy atom. The summed E-state index contributed by atoms with van der Waals surface area (Å²) in [6, 6.07) is 3.35. The van der Waals surface area contributed by atoms with E-state index >= 15 is 0 Å². The van der Waals surface area contributed by atoms with Crippen LogP contribution in [0.3, 0.4) is 0 Å². The Bertz CT molecular complexity index is 1290. The van der Waals surface area contributed by atoms with Gasteiger partial charge in [-0.25, -0.2) is 4.99 Å². The molecule has 0 amide bonds. The van der Waals surface area contributed by atoms with Crippen molar-refractivity contribution < 1.29 is 29.6 Å². The molecule has 1 aliphatic rings. The molecule has 0 bridgehead atoms. The number of fused-ring (bicyclic) bond motifs is 2. The summed E-state index contributed by atoms with van der Waals surface area (Å²) in [5, 5.41) is 29.5. The third-order valence-electron chi connectivity index (χ3n) is 4.65. The molecule has 0 saturated carbocycles. The van der Waals surface area contributed by atoms with E-state index in [4.69, 9.17) is 19.7 Å². The molecule has 168 valence electrons. The van der Waals surface area contributed by atoms with Crippen molar-refractivity contribution in [1.29, 1.82) is 0 Å². The number of rotatable bonds is 7. The predicted octanol–water partition coefficient (Wildman–Crippen LogP) is 4.98. The number of aromatic hydroxyl groups is 1. The minimum Gasteiger partial charge on any atom is -0.505 e. The van der Waals surface area contributed by atoms with Crippen LogP contribution in [0.25, 0.3) is 10.9 Å². The molecular formula is C20H14Br4N2O6. The average molecular weight is 698 g/mol.